The van der Waals surface area contributed by atoms with E-state index in [1.807, 2.05) is 0 Å². The third kappa shape index (κ3) is 31.2. The fourth-order valence-corrected chi connectivity index (χ4v) is 7.45. The number of alkyl carbamates (subject to hydrolysis) is 3. The molecule has 1 aliphatic heterocycles. The highest BCUT2D eigenvalue weighted by molar-refractivity contribution is 5.93. The number of hydrogen-bond donors (Lipinski definition) is 5. The largest absolute Gasteiger partial charge is 0.480 e. The molecule has 424 valence electrons. The van der Waals surface area contributed by atoms with Crippen molar-refractivity contribution < 1.29 is 81.4 Å². The first-order valence-electron chi connectivity index (χ1n) is 26.5. The molecular weight excluding hydrogens is 965 g/mol. The Labute approximate surface area is 438 Å². The van der Waals surface area contributed by atoms with Gasteiger partial charge in [0.25, 0.3) is 5.91 Å². The van der Waals surface area contributed by atoms with Crippen LogP contribution in [-0.4, -0.2) is 128 Å². The maximum absolute atomic E-state index is 14.7. The van der Waals surface area contributed by atoms with E-state index in [1.54, 1.807) is 41.5 Å². The Hall–Kier alpha value is -5.63. The highest BCUT2D eigenvalue weighted by atomic mass is 16.6. The van der Waals surface area contributed by atoms with Gasteiger partial charge in [-0.15, -0.1) is 0 Å². The van der Waals surface area contributed by atoms with Gasteiger partial charge in [-0.1, -0.05) is 76.9 Å². The van der Waals surface area contributed by atoms with E-state index < -0.39 is 108 Å². The van der Waals surface area contributed by atoms with Crippen molar-refractivity contribution in [1.82, 2.24) is 21.3 Å². The van der Waals surface area contributed by atoms with Gasteiger partial charge in [-0.25, -0.2) is 19.2 Å². The molecule has 0 bridgehead atoms. The molecule has 0 spiro atoms. The molecule has 0 radical (unpaired) electrons. The second-order valence-electron chi connectivity index (χ2n) is 21.2. The Balaban J connectivity index is 3.53. The molecule has 0 aromatic rings. The van der Waals surface area contributed by atoms with Gasteiger partial charge in [0, 0.05) is 38.9 Å². The van der Waals surface area contributed by atoms with Crippen molar-refractivity contribution in [2.45, 2.75) is 214 Å². The zero-order chi connectivity index (χ0) is 55.6. The predicted molar refractivity (Wildman–Crippen MR) is 274 cm³/mol. The molecule has 2 atom stereocenters. The van der Waals surface area contributed by atoms with Gasteiger partial charge in [0.1, 0.15) is 43.0 Å². The summed E-state index contributed by atoms with van der Waals surface area (Å²) in [5, 5.41) is 20.6. The normalized spacial score (nSPS) is 17.4. The van der Waals surface area contributed by atoms with Crippen LogP contribution in [0, 0.1) is 11.3 Å². The van der Waals surface area contributed by atoms with Gasteiger partial charge in [0.15, 0.2) is 5.60 Å². The number of carbonyl (C=O) groups excluding carboxylic acids is 8. The Morgan fingerprint density at radius 1 is 0.703 bits per heavy atom. The highest BCUT2D eigenvalue weighted by Crippen LogP contribution is 2.36. The number of cyclic esters (lactones) is 2. The Morgan fingerprint density at radius 3 is 1.68 bits per heavy atom. The van der Waals surface area contributed by atoms with Crippen LogP contribution in [0.25, 0.3) is 0 Å². The van der Waals surface area contributed by atoms with E-state index in [0.29, 0.717) is 12.8 Å². The number of rotatable bonds is 30. The van der Waals surface area contributed by atoms with E-state index in [4.69, 9.17) is 33.2 Å². The summed E-state index contributed by atoms with van der Waals surface area (Å²) in [6.07, 6.45) is 15.6. The molecular formula is C53H90N4O17. The van der Waals surface area contributed by atoms with Crippen molar-refractivity contribution in [2.24, 2.45) is 11.3 Å². The van der Waals surface area contributed by atoms with Crippen LogP contribution in [0.5, 0.6) is 0 Å². The molecule has 1 saturated heterocycles. The molecule has 1 aliphatic rings. The minimum Gasteiger partial charge on any atom is -0.480 e. The van der Waals surface area contributed by atoms with Crippen LogP contribution in [0.4, 0.5) is 14.4 Å². The number of carboxylic acids is 1. The number of aliphatic carboxylic acids is 1. The molecule has 1 rings (SSSR count). The van der Waals surface area contributed by atoms with Crippen LogP contribution in [0.3, 0.4) is 0 Å². The van der Waals surface area contributed by atoms with E-state index in [1.165, 1.54) is 52.4 Å². The first-order chi connectivity index (χ1) is 34.8. The number of carboxylic acid groups (broad SMARTS) is 1. The number of carbonyl (C=O) groups is 9. The molecule has 21 heteroatoms. The van der Waals surface area contributed by atoms with Crippen LogP contribution in [0.15, 0.2) is 12.2 Å². The molecule has 1 fully saturated rings. The van der Waals surface area contributed by atoms with Crippen LogP contribution in [0.2, 0.25) is 0 Å². The predicted octanol–water partition coefficient (Wildman–Crippen LogP) is 8.28. The molecule has 0 aliphatic carbocycles. The molecule has 0 saturated carbocycles. The summed E-state index contributed by atoms with van der Waals surface area (Å²) < 4.78 is 38.6. The van der Waals surface area contributed by atoms with Crippen LogP contribution in [-0.2, 0) is 61.9 Å². The van der Waals surface area contributed by atoms with Crippen molar-refractivity contribution in [3.63, 3.8) is 0 Å². The third-order valence-electron chi connectivity index (χ3n) is 11.4. The van der Waals surface area contributed by atoms with E-state index in [9.17, 15) is 48.3 Å². The second kappa shape index (κ2) is 35.5. The molecule has 21 nitrogen and oxygen atoms in total. The van der Waals surface area contributed by atoms with Gasteiger partial charge in [-0.3, -0.25) is 24.0 Å². The minimum absolute atomic E-state index is 0.0127. The minimum atomic E-state index is -2.27. The lowest BCUT2D eigenvalue weighted by Gasteiger charge is -2.40. The summed E-state index contributed by atoms with van der Waals surface area (Å²) in [5.41, 5.74) is -5.86. The summed E-state index contributed by atoms with van der Waals surface area (Å²) in [5.74, 6) is -8.97. The average molecular weight is 1060 g/mol. The number of unbranched alkanes of at least 4 members (excludes halogenated alkanes) is 12. The standard InChI is InChI=1S/C53H90N4O17/c1-10-11-12-13-14-15-16-17-18-19-20-21-22-23-24-25-35-68-45(63)42-43(44(61)62)57-46(64)52(8,9)74-49(67)56-34-28-31-41(60)71-38-53(42,36-69-39(58)29-26-32-54-47(65)72-50(2,3)4)37-70-40(59)30-27-33-55-48(66)73-51(5,6)7/h17-18,42-43H,10-16,19-38H2,1-9H3,(H,54,65)(H,55,66)(H,56,67)(H,57,64)(H,61,62). The fraction of sp³-hybridized carbons (Fsp3) is 0.792. The Morgan fingerprint density at radius 2 is 1.19 bits per heavy atom. The molecule has 0 aromatic carbocycles. The molecule has 2 unspecified atom stereocenters. The summed E-state index contributed by atoms with van der Waals surface area (Å²) in [6.45, 7) is 11.6. The lowest BCUT2D eigenvalue weighted by molar-refractivity contribution is -0.183. The van der Waals surface area contributed by atoms with Crippen molar-refractivity contribution in [3.05, 3.63) is 12.2 Å². The van der Waals surface area contributed by atoms with Crippen LogP contribution in [0.1, 0.15) is 191 Å². The molecule has 74 heavy (non-hydrogen) atoms. The summed E-state index contributed by atoms with van der Waals surface area (Å²) in [4.78, 5) is 119. The number of nitrogens with one attached hydrogen (secondary N) is 4. The van der Waals surface area contributed by atoms with E-state index in [2.05, 4.69) is 40.3 Å². The highest BCUT2D eigenvalue weighted by Gasteiger charge is 2.55. The fourth-order valence-electron chi connectivity index (χ4n) is 7.45. The molecule has 0 aromatic heterocycles. The van der Waals surface area contributed by atoms with Crippen molar-refractivity contribution in [1.29, 1.82) is 0 Å². The Bertz CT molecular complexity index is 1740. The zero-order valence-electron chi connectivity index (χ0n) is 45.9. The summed E-state index contributed by atoms with van der Waals surface area (Å²) >= 11 is 0. The quantitative estimate of drug-likeness (QED) is 0.0196. The number of allylic oxidation sites excluding steroid dienone is 2. The molecule has 1 heterocycles. The monoisotopic (exact) mass is 1050 g/mol. The third-order valence-corrected chi connectivity index (χ3v) is 11.4. The average Bonchev–Trinajstić information content (AvgIpc) is 3.30. The maximum Gasteiger partial charge on any atom is 0.408 e. The number of hydrogen-bond acceptors (Lipinski definition) is 16. The first kappa shape index (κ1) is 66.4. The first-order valence-corrected chi connectivity index (χ1v) is 26.5. The van der Waals surface area contributed by atoms with E-state index in [-0.39, 0.29) is 64.8 Å². The number of amides is 4. The lowest BCUT2D eigenvalue weighted by Crippen LogP contribution is -2.62. The zero-order valence-corrected chi connectivity index (χ0v) is 45.9. The van der Waals surface area contributed by atoms with Crippen LogP contribution < -0.4 is 21.3 Å². The van der Waals surface area contributed by atoms with Gasteiger partial charge in [0.05, 0.1) is 12.0 Å². The van der Waals surface area contributed by atoms with Crippen molar-refractivity contribution in [2.75, 3.05) is 46.1 Å². The number of esters is 4. The summed E-state index contributed by atoms with van der Waals surface area (Å²) in [7, 11) is 0. The maximum atomic E-state index is 14.7. The van der Waals surface area contributed by atoms with E-state index in [0.717, 1.165) is 38.5 Å². The van der Waals surface area contributed by atoms with Crippen molar-refractivity contribution >= 4 is 54.0 Å². The molecule has 4 amide bonds. The van der Waals surface area contributed by atoms with E-state index >= 15 is 0 Å². The number of ether oxygens (including phenoxy) is 7. The van der Waals surface area contributed by atoms with Crippen molar-refractivity contribution in [3.8, 4) is 0 Å². The second-order valence-corrected chi connectivity index (χ2v) is 21.2. The lowest BCUT2D eigenvalue weighted by atomic mass is 9.72. The van der Waals surface area contributed by atoms with Gasteiger partial charge in [-0.05, 0) is 107 Å². The van der Waals surface area contributed by atoms with Gasteiger partial charge in [-0.2, -0.15) is 0 Å². The van der Waals surface area contributed by atoms with Crippen LogP contribution >= 0.6 is 0 Å². The Kier molecular flexibility index (Phi) is 31.9. The molecule has 5 N–H and O–H groups in total. The van der Waals surface area contributed by atoms with Gasteiger partial charge in [0.2, 0.25) is 0 Å². The van der Waals surface area contributed by atoms with Gasteiger partial charge >= 0.3 is 48.1 Å². The SMILES string of the molecule is CCCCCCCCC=CCCCCCCCCOC(=O)C1C(C(=O)O)NC(=O)C(C)(C)OC(=O)NCCCC(=O)OCC1(COC(=O)CCCNC(=O)OC(C)(C)C)COC(=O)CCCNC(=O)OC(C)(C)C. The van der Waals surface area contributed by atoms with Gasteiger partial charge < -0.3 is 59.5 Å². The topological polar surface area (TPSA) is 287 Å². The summed E-state index contributed by atoms with van der Waals surface area (Å²) in [6, 6.07) is -2.27. The smallest absolute Gasteiger partial charge is 0.408 e.